The average Bonchev–Trinajstić information content (AvgIpc) is 3.67. The van der Waals surface area contributed by atoms with Crippen LogP contribution in [0.4, 0.5) is 28.4 Å². The largest absolute Gasteiger partial charge is 0.507 e. The highest BCUT2D eigenvalue weighted by atomic mass is 35.5. The fraction of sp³-hybridized carbons (Fsp3) is 0.200. The minimum atomic E-state index is -1.44. The summed E-state index contributed by atoms with van der Waals surface area (Å²) >= 11 is 6.48. The summed E-state index contributed by atoms with van der Waals surface area (Å²) in [7, 11) is 3.93. The van der Waals surface area contributed by atoms with Crippen LogP contribution in [0.25, 0.3) is 10.8 Å². The Labute approximate surface area is 357 Å². The summed E-state index contributed by atoms with van der Waals surface area (Å²) in [6, 6.07) is 41.7. The molecule has 2 aliphatic heterocycles. The summed E-state index contributed by atoms with van der Waals surface area (Å²) < 4.78 is 0. The third-order valence-electron chi connectivity index (χ3n) is 13.2. The number of imide groups is 2. The van der Waals surface area contributed by atoms with Gasteiger partial charge in [-0.3, -0.25) is 24.1 Å². The van der Waals surface area contributed by atoms with E-state index in [0.717, 1.165) is 22.2 Å². The molecule has 2 saturated heterocycles. The number of phenolic OH excluding ortho intramolecular Hbond substituents is 1. The SMILES string of the molecule is CN(C)c1ccc(N=Nc2ccc(N3C(=O)C4CC=C5C(CC6C(=O)N(c7cccc(Cl)c7)C(=O)C6(c6ccccc6)C5c5ccc(O)c6ccccc56)C4C3=O)cc2)cc1. The molecular weight excluding hydrogens is 786 g/mol. The molecule has 0 radical (unpaired) electrons. The first-order valence-electron chi connectivity index (χ1n) is 20.3. The lowest BCUT2D eigenvalue weighted by atomic mass is 9.49. The zero-order valence-corrected chi connectivity index (χ0v) is 34.1. The standard InChI is InChI=1S/C50H40ClN5O5/c1-54(2)33-19-15-31(16-20-33)52-53-32-17-21-34(22-18-32)55-46(58)40-24-23-39-41(44(40)48(55)60)28-42-47(59)56(35-12-8-11-30(51)27-35)49(61)50(42,29-9-4-3-5-10-29)45(39)38-25-26-43(57)37-14-7-6-13-36(37)38/h3-23,25-27,40-42,44-45,57H,24,28H2,1-2H3. The Morgan fingerprint density at radius 1 is 0.672 bits per heavy atom. The topological polar surface area (TPSA) is 123 Å². The second kappa shape index (κ2) is 14.7. The van der Waals surface area contributed by atoms with Crippen LogP contribution in [0.5, 0.6) is 5.75 Å². The second-order valence-electron chi connectivity index (χ2n) is 16.5. The maximum Gasteiger partial charge on any atom is 0.246 e. The Balaban J connectivity index is 1.08. The van der Waals surface area contributed by atoms with E-state index in [1.54, 1.807) is 54.6 Å². The Kier molecular flexibility index (Phi) is 9.21. The van der Waals surface area contributed by atoms with E-state index in [1.807, 2.05) is 110 Å². The molecule has 2 aliphatic carbocycles. The molecule has 61 heavy (non-hydrogen) atoms. The molecule has 0 aromatic heterocycles. The zero-order chi connectivity index (χ0) is 42.2. The number of aromatic hydroxyl groups is 1. The van der Waals surface area contributed by atoms with E-state index in [2.05, 4.69) is 10.2 Å². The molecule has 10 nitrogen and oxygen atoms in total. The van der Waals surface area contributed by atoms with Crippen molar-refractivity contribution >= 4 is 74.4 Å². The lowest BCUT2D eigenvalue weighted by Crippen LogP contribution is -2.53. The summed E-state index contributed by atoms with van der Waals surface area (Å²) in [4.78, 5) is 64.7. The van der Waals surface area contributed by atoms with E-state index in [0.29, 0.717) is 38.7 Å². The molecule has 1 N–H and O–H groups in total. The Bertz CT molecular complexity index is 2840. The number of azo groups is 1. The van der Waals surface area contributed by atoms with Gasteiger partial charge < -0.3 is 10.0 Å². The minimum Gasteiger partial charge on any atom is -0.507 e. The van der Waals surface area contributed by atoms with Gasteiger partial charge in [0.05, 0.1) is 45.9 Å². The quantitative estimate of drug-likeness (QED) is 0.0972. The predicted molar refractivity (Wildman–Crippen MR) is 236 cm³/mol. The third kappa shape index (κ3) is 5.91. The van der Waals surface area contributed by atoms with Crippen molar-refractivity contribution in [2.24, 2.45) is 33.9 Å². The first-order valence-corrected chi connectivity index (χ1v) is 20.7. The minimum absolute atomic E-state index is 0.0856. The summed E-state index contributed by atoms with van der Waals surface area (Å²) in [6.07, 6.45) is 2.48. The van der Waals surface area contributed by atoms with Crippen LogP contribution in [-0.4, -0.2) is 42.8 Å². The van der Waals surface area contributed by atoms with Crippen LogP contribution in [0.2, 0.25) is 5.02 Å². The second-order valence-corrected chi connectivity index (χ2v) is 16.9. The number of rotatable bonds is 7. The molecule has 11 heteroatoms. The van der Waals surface area contributed by atoms with Crippen LogP contribution in [0.1, 0.15) is 29.9 Å². The number of amides is 4. The van der Waals surface area contributed by atoms with Crippen LogP contribution in [0, 0.1) is 23.7 Å². The molecule has 3 fully saturated rings. The van der Waals surface area contributed by atoms with Crippen molar-refractivity contribution in [1.82, 2.24) is 0 Å². The molecule has 4 amide bonds. The highest BCUT2D eigenvalue weighted by molar-refractivity contribution is 6.32. The normalized spacial score (nSPS) is 24.6. The third-order valence-corrected chi connectivity index (χ3v) is 13.4. The molecule has 6 atom stereocenters. The molecule has 2 heterocycles. The van der Waals surface area contributed by atoms with Crippen molar-refractivity contribution in [1.29, 1.82) is 0 Å². The lowest BCUT2D eigenvalue weighted by molar-refractivity contribution is -0.127. The number of carbonyl (C=O) groups is 4. The molecule has 0 spiro atoms. The van der Waals surface area contributed by atoms with E-state index in [9.17, 15) is 14.7 Å². The molecule has 302 valence electrons. The van der Waals surface area contributed by atoms with E-state index >= 15 is 9.59 Å². The Morgan fingerprint density at radius 3 is 2.03 bits per heavy atom. The van der Waals surface area contributed by atoms with Gasteiger partial charge in [0.1, 0.15) is 5.75 Å². The van der Waals surface area contributed by atoms with Crippen molar-refractivity contribution in [2.45, 2.75) is 24.2 Å². The maximum atomic E-state index is 15.7. The van der Waals surface area contributed by atoms with Gasteiger partial charge in [0.15, 0.2) is 0 Å². The summed E-state index contributed by atoms with van der Waals surface area (Å²) in [5.74, 6) is -5.00. The molecule has 6 aromatic rings. The van der Waals surface area contributed by atoms with Crippen LogP contribution >= 0.6 is 11.6 Å². The summed E-state index contributed by atoms with van der Waals surface area (Å²) in [6.45, 7) is 0. The Morgan fingerprint density at radius 2 is 1.34 bits per heavy atom. The molecule has 6 unspecified atom stereocenters. The van der Waals surface area contributed by atoms with Crippen LogP contribution in [0.3, 0.4) is 0 Å². The molecule has 0 bridgehead atoms. The van der Waals surface area contributed by atoms with Gasteiger partial charge >= 0.3 is 0 Å². The van der Waals surface area contributed by atoms with Crippen LogP contribution < -0.4 is 14.7 Å². The maximum absolute atomic E-state index is 15.7. The number of hydrogen-bond acceptors (Lipinski definition) is 8. The van der Waals surface area contributed by atoms with E-state index < -0.39 is 46.8 Å². The molecule has 4 aliphatic rings. The van der Waals surface area contributed by atoms with E-state index in [1.165, 1.54) is 9.80 Å². The van der Waals surface area contributed by atoms with Gasteiger partial charge in [0.2, 0.25) is 23.6 Å². The first-order chi connectivity index (χ1) is 29.6. The number of halogens is 1. The van der Waals surface area contributed by atoms with Gasteiger partial charge in [-0.05, 0) is 108 Å². The molecule has 6 aromatic carbocycles. The van der Waals surface area contributed by atoms with Crippen molar-refractivity contribution in [2.75, 3.05) is 28.8 Å². The number of fused-ring (bicyclic) bond motifs is 5. The van der Waals surface area contributed by atoms with Gasteiger partial charge in [-0.1, -0.05) is 90.0 Å². The van der Waals surface area contributed by atoms with Gasteiger partial charge in [0, 0.05) is 36.1 Å². The number of anilines is 3. The van der Waals surface area contributed by atoms with Gasteiger partial charge in [-0.15, -0.1) is 0 Å². The van der Waals surface area contributed by atoms with Gasteiger partial charge in [0.25, 0.3) is 0 Å². The highest BCUT2D eigenvalue weighted by Gasteiger charge is 2.70. The zero-order valence-electron chi connectivity index (χ0n) is 33.4. The van der Waals surface area contributed by atoms with Crippen molar-refractivity contribution in [3.05, 3.63) is 167 Å². The fourth-order valence-corrected chi connectivity index (χ4v) is 10.7. The average molecular weight is 826 g/mol. The van der Waals surface area contributed by atoms with Crippen LogP contribution in [0.15, 0.2) is 161 Å². The van der Waals surface area contributed by atoms with Gasteiger partial charge in [-0.2, -0.15) is 10.2 Å². The number of hydrogen-bond donors (Lipinski definition) is 1. The lowest BCUT2D eigenvalue weighted by Gasteiger charge is -2.51. The van der Waals surface area contributed by atoms with Crippen LogP contribution in [-0.2, 0) is 24.6 Å². The van der Waals surface area contributed by atoms with Crippen molar-refractivity contribution in [3.8, 4) is 5.75 Å². The van der Waals surface area contributed by atoms with Gasteiger partial charge in [-0.25, -0.2) is 4.90 Å². The van der Waals surface area contributed by atoms with E-state index in [4.69, 9.17) is 11.6 Å². The molecule has 10 rings (SSSR count). The monoisotopic (exact) mass is 825 g/mol. The summed E-state index contributed by atoms with van der Waals surface area (Å²) in [5.41, 5.74) is 3.89. The molecule has 1 saturated carbocycles. The number of benzene rings is 6. The number of carbonyl (C=O) groups excluding carboxylic acids is 4. The predicted octanol–water partition coefficient (Wildman–Crippen LogP) is 10.0. The van der Waals surface area contributed by atoms with Crippen molar-refractivity contribution in [3.63, 3.8) is 0 Å². The number of phenols is 1. The number of allylic oxidation sites excluding steroid dienone is 2. The number of nitrogens with zero attached hydrogens (tertiary/aromatic N) is 5. The van der Waals surface area contributed by atoms with E-state index in [-0.39, 0.29) is 30.4 Å². The van der Waals surface area contributed by atoms with Crippen molar-refractivity contribution < 1.29 is 24.3 Å². The fourth-order valence-electron chi connectivity index (χ4n) is 10.5. The smallest absolute Gasteiger partial charge is 0.246 e. The Hall–Kier alpha value is -6.91. The molecular formula is C50H40ClN5O5. The summed E-state index contributed by atoms with van der Waals surface area (Å²) in [5, 5.41) is 21.6. The highest BCUT2D eigenvalue weighted by Crippen LogP contribution is 2.65. The first kappa shape index (κ1) is 38.3.